The van der Waals surface area contributed by atoms with Crippen molar-refractivity contribution in [2.75, 3.05) is 13.2 Å². The zero-order valence-electron chi connectivity index (χ0n) is 23.0. The van der Waals surface area contributed by atoms with Crippen LogP contribution in [0, 0.1) is 6.92 Å². The van der Waals surface area contributed by atoms with Gasteiger partial charge < -0.3 is 19.0 Å². The minimum atomic E-state index is -0.484. The van der Waals surface area contributed by atoms with Crippen LogP contribution >= 0.6 is 15.9 Å². The lowest BCUT2D eigenvalue weighted by Crippen LogP contribution is -2.32. The molecule has 3 aromatic heterocycles. The average molecular weight is 621 g/mol. The fraction of sp³-hybridized carbons (Fsp3) is 0.310. The van der Waals surface area contributed by atoms with E-state index in [1.54, 1.807) is 6.92 Å². The van der Waals surface area contributed by atoms with Gasteiger partial charge in [0.1, 0.15) is 29.4 Å². The minimum absolute atomic E-state index is 0.205. The van der Waals surface area contributed by atoms with Gasteiger partial charge in [0.2, 0.25) is 5.82 Å². The lowest BCUT2D eigenvalue weighted by atomic mass is 10.0. The number of amides is 1. The Morgan fingerprint density at radius 3 is 2.68 bits per heavy atom. The highest BCUT2D eigenvalue weighted by Gasteiger charge is 2.23. The van der Waals surface area contributed by atoms with E-state index in [2.05, 4.69) is 48.8 Å². The number of imidazole rings is 1. The number of esters is 1. The van der Waals surface area contributed by atoms with Gasteiger partial charge in [-0.05, 0) is 59.1 Å². The number of aryl methyl sites for hydroxylation is 2. The van der Waals surface area contributed by atoms with E-state index in [1.165, 1.54) is 0 Å². The monoisotopic (exact) mass is 619 g/mol. The molecule has 0 aliphatic rings. The molecule has 3 heterocycles. The third-order valence-corrected chi connectivity index (χ3v) is 7.47. The van der Waals surface area contributed by atoms with Gasteiger partial charge >= 0.3 is 5.97 Å². The van der Waals surface area contributed by atoms with Crippen LogP contribution in [0.15, 0.2) is 51.4 Å². The number of halogens is 1. The molecule has 1 amide bonds. The molecule has 0 atom stereocenters. The molecule has 0 bridgehead atoms. The van der Waals surface area contributed by atoms with Crippen molar-refractivity contribution in [2.45, 2.75) is 46.6 Å². The molecule has 2 N–H and O–H groups in total. The van der Waals surface area contributed by atoms with Crippen LogP contribution in [-0.2, 0) is 22.5 Å². The second-order valence-electron chi connectivity index (χ2n) is 9.50. The summed E-state index contributed by atoms with van der Waals surface area (Å²) in [5.41, 5.74) is 4.33. The van der Waals surface area contributed by atoms with Crippen LogP contribution in [0.1, 0.15) is 54.3 Å². The van der Waals surface area contributed by atoms with Gasteiger partial charge in [-0.25, -0.2) is 4.98 Å². The third kappa shape index (κ3) is 5.92. The quantitative estimate of drug-likeness (QED) is 0.191. The number of aromatic amines is 1. The fourth-order valence-electron chi connectivity index (χ4n) is 4.78. The molecule has 5 rings (SSSR count). The molecule has 5 aromatic rings. The predicted octanol–water partition coefficient (Wildman–Crippen LogP) is 5.23. The first-order chi connectivity index (χ1) is 19.9. The number of rotatable bonds is 11. The molecule has 0 unspecified atom stereocenters. The Morgan fingerprint density at radius 1 is 1.15 bits per heavy atom. The number of fused-ring (bicyclic) bond motifs is 1. The summed E-state index contributed by atoms with van der Waals surface area (Å²) in [5, 5.41) is 18.0. The van der Waals surface area contributed by atoms with Crippen molar-refractivity contribution in [3.05, 3.63) is 69.7 Å². The second kappa shape index (κ2) is 12.5. The van der Waals surface area contributed by atoms with Crippen molar-refractivity contribution in [3.8, 4) is 22.7 Å². The predicted molar refractivity (Wildman–Crippen MR) is 156 cm³/mol. The largest absolute Gasteiger partial charge is 0.465 e. The maximum atomic E-state index is 13.2. The smallest absolute Gasteiger partial charge is 0.325 e. The Labute approximate surface area is 244 Å². The molecular formula is C29H30BrN7O4. The Kier molecular flexibility index (Phi) is 8.58. The van der Waals surface area contributed by atoms with E-state index in [1.807, 2.05) is 54.0 Å². The highest BCUT2D eigenvalue weighted by atomic mass is 79.9. The van der Waals surface area contributed by atoms with Gasteiger partial charge in [-0.2, -0.15) is 5.21 Å². The molecule has 0 radical (unpaired) electrons. The lowest BCUT2D eigenvalue weighted by molar-refractivity contribution is -0.141. The van der Waals surface area contributed by atoms with E-state index in [0.29, 0.717) is 35.1 Å². The van der Waals surface area contributed by atoms with Gasteiger partial charge in [0.05, 0.1) is 16.8 Å². The van der Waals surface area contributed by atoms with E-state index in [0.717, 1.165) is 51.6 Å². The number of furan rings is 1. The zero-order valence-corrected chi connectivity index (χ0v) is 24.6. The van der Waals surface area contributed by atoms with Gasteiger partial charge in [-0.3, -0.25) is 9.59 Å². The standard InChI is InChI=1S/C29H30BrN7O4/c1-4-6-11-23-32-17(3)26(29(39)31-15-24(38)40-5-2)37(23)16-18-12-13-22-21(14-18)25(30)27(41-22)19-9-7-8-10-20(19)28-33-35-36-34-28/h7-10,12-14H,4-6,11,15-16H2,1-3H3,(H,31,39)(H,33,34,35,36). The molecule has 12 heteroatoms. The first kappa shape index (κ1) is 28.2. The highest BCUT2D eigenvalue weighted by molar-refractivity contribution is 9.10. The van der Waals surface area contributed by atoms with Crippen LogP contribution < -0.4 is 5.32 Å². The number of H-pyrrole nitrogens is 1. The average Bonchev–Trinajstić information content (AvgIpc) is 3.69. The Morgan fingerprint density at radius 2 is 1.95 bits per heavy atom. The number of nitrogens with one attached hydrogen (secondary N) is 2. The lowest BCUT2D eigenvalue weighted by Gasteiger charge is -2.13. The maximum absolute atomic E-state index is 13.2. The number of ether oxygens (including phenoxy) is 1. The summed E-state index contributed by atoms with van der Waals surface area (Å²) in [5.74, 6) is 1.10. The molecule has 0 aliphatic carbocycles. The summed E-state index contributed by atoms with van der Waals surface area (Å²) in [6.45, 7) is 6.13. The number of carbonyl (C=O) groups is 2. The SMILES string of the molecule is CCCCc1nc(C)c(C(=O)NCC(=O)OCC)n1Cc1ccc2oc(-c3ccccc3-c3nn[nH]n3)c(Br)c2c1. The Hall–Kier alpha value is -4.32. The molecule has 0 saturated carbocycles. The van der Waals surface area contributed by atoms with Crippen molar-refractivity contribution in [3.63, 3.8) is 0 Å². The first-order valence-corrected chi connectivity index (χ1v) is 14.2. The Balaban J connectivity index is 1.50. The van der Waals surface area contributed by atoms with Crippen LogP contribution in [0.4, 0.5) is 0 Å². The van der Waals surface area contributed by atoms with Crippen LogP contribution in [-0.4, -0.2) is 55.2 Å². The van der Waals surface area contributed by atoms with Crippen molar-refractivity contribution in [2.24, 2.45) is 0 Å². The molecule has 0 aliphatic heterocycles. The number of aromatic nitrogens is 6. The molecule has 2 aromatic carbocycles. The van der Waals surface area contributed by atoms with Crippen LogP contribution in [0.3, 0.4) is 0 Å². The van der Waals surface area contributed by atoms with Crippen molar-refractivity contribution in [1.82, 2.24) is 35.5 Å². The highest BCUT2D eigenvalue weighted by Crippen LogP contribution is 2.41. The maximum Gasteiger partial charge on any atom is 0.325 e. The number of unbranched alkanes of at least 4 members (excludes halogenated alkanes) is 1. The zero-order chi connectivity index (χ0) is 28.9. The number of hydrogen-bond acceptors (Lipinski definition) is 8. The van der Waals surface area contributed by atoms with E-state index >= 15 is 0 Å². The normalized spacial score (nSPS) is 11.2. The van der Waals surface area contributed by atoms with E-state index < -0.39 is 5.97 Å². The molecule has 0 spiro atoms. The van der Waals surface area contributed by atoms with Gasteiger partial charge in [0.25, 0.3) is 5.91 Å². The number of nitrogens with zero attached hydrogens (tertiary/aromatic N) is 5. The van der Waals surface area contributed by atoms with Crippen LogP contribution in [0.25, 0.3) is 33.7 Å². The van der Waals surface area contributed by atoms with Gasteiger partial charge in [0, 0.05) is 29.5 Å². The van der Waals surface area contributed by atoms with Crippen molar-refractivity contribution >= 4 is 38.8 Å². The molecule has 212 valence electrons. The summed E-state index contributed by atoms with van der Waals surface area (Å²) < 4.78 is 14.0. The van der Waals surface area contributed by atoms with E-state index in [9.17, 15) is 9.59 Å². The molecule has 0 fully saturated rings. The summed E-state index contributed by atoms with van der Waals surface area (Å²) >= 11 is 3.76. The number of hydrogen-bond donors (Lipinski definition) is 2. The number of benzene rings is 2. The molecular weight excluding hydrogens is 590 g/mol. The number of tetrazole rings is 1. The van der Waals surface area contributed by atoms with Crippen molar-refractivity contribution < 1.29 is 18.7 Å². The summed E-state index contributed by atoms with van der Waals surface area (Å²) in [7, 11) is 0. The fourth-order valence-corrected chi connectivity index (χ4v) is 5.39. The summed E-state index contributed by atoms with van der Waals surface area (Å²) in [6.07, 6.45) is 2.67. The van der Waals surface area contributed by atoms with Crippen LogP contribution in [0.2, 0.25) is 0 Å². The topological polar surface area (TPSA) is 141 Å². The van der Waals surface area contributed by atoms with Crippen molar-refractivity contribution in [1.29, 1.82) is 0 Å². The van der Waals surface area contributed by atoms with Gasteiger partial charge in [0.15, 0.2) is 0 Å². The molecule has 11 nitrogen and oxygen atoms in total. The van der Waals surface area contributed by atoms with Crippen LogP contribution in [0.5, 0.6) is 0 Å². The first-order valence-electron chi connectivity index (χ1n) is 13.4. The van der Waals surface area contributed by atoms with Gasteiger partial charge in [-0.15, -0.1) is 10.2 Å². The number of carbonyl (C=O) groups excluding carboxylic acids is 2. The summed E-state index contributed by atoms with van der Waals surface area (Å²) in [6, 6.07) is 13.6. The van der Waals surface area contributed by atoms with E-state index in [4.69, 9.17) is 14.1 Å². The van der Waals surface area contributed by atoms with E-state index in [-0.39, 0.29) is 19.1 Å². The summed E-state index contributed by atoms with van der Waals surface area (Å²) in [4.78, 5) is 29.8. The molecule has 41 heavy (non-hydrogen) atoms. The third-order valence-electron chi connectivity index (χ3n) is 6.68. The minimum Gasteiger partial charge on any atom is -0.465 e. The Bertz CT molecular complexity index is 1690. The molecule has 0 saturated heterocycles. The van der Waals surface area contributed by atoms with Gasteiger partial charge in [-0.1, -0.05) is 43.7 Å². The second-order valence-corrected chi connectivity index (χ2v) is 10.3.